The molecule has 1 rings (SSSR count). The lowest BCUT2D eigenvalue weighted by Gasteiger charge is -2.15. The number of nitrogens with one attached hydrogen (secondary N) is 1. The van der Waals surface area contributed by atoms with E-state index in [9.17, 15) is 4.39 Å². The summed E-state index contributed by atoms with van der Waals surface area (Å²) >= 11 is 3.39. The van der Waals surface area contributed by atoms with Gasteiger partial charge in [0, 0.05) is 10.5 Å². The van der Waals surface area contributed by atoms with E-state index in [1.54, 1.807) is 0 Å². The molecule has 0 aliphatic rings. The molecule has 0 amide bonds. The minimum atomic E-state index is -0.200. The van der Waals surface area contributed by atoms with E-state index in [0.29, 0.717) is 0 Å². The van der Waals surface area contributed by atoms with Crippen LogP contribution in [0.4, 0.5) is 4.39 Å². The van der Waals surface area contributed by atoms with E-state index in [4.69, 9.17) is 0 Å². The molecule has 3 heteroatoms. The highest BCUT2D eigenvalue weighted by molar-refractivity contribution is 9.10. The number of hydrogen-bond acceptors (Lipinski definition) is 1. The van der Waals surface area contributed by atoms with Gasteiger partial charge in [0.05, 0.1) is 0 Å². The van der Waals surface area contributed by atoms with Crippen molar-refractivity contribution in [2.24, 2.45) is 0 Å². The Bertz CT molecular complexity index is 328. The molecule has 16 heavy (non-hydrogen) atoms. The summed E-state index contributed by atoms with van der Waals surface area (Å²) in [4.78, 5) is 0. The average Bonchev–Trinajstić information content (AvgIpc) is 2.24. The maximum absolute atomic E-state index is 12.9. The molecule has 0 saturated heterocycles. The third-order valence-electron chi connectivity index (χ3n) is 2.66. The first kappa shape index (κ1) is 13.7. The lowest BCUT2D eigenvalue weighted by atomic mass is 10.1. The van der Waals surface area contributed by atoms with Gasteiger partial charge in [0.1, 0.15) is 5.82 Å². The first-order valence-electron chi connectivity index (χ1n) is 5.83. The van der Waals surface area contributed by atoms with Crippen molar-refractivity contribution < 1.29 is 4.39 Å². The van der Waals surface area contributed by atoms with Crippen LogP contribution in [0.2, 0.25) is 0 Å². The fourth-order valence-corrected chi connectivity index (χ4v) is 2.35. The predicted octanol–water partition coefficient (Wildman–Crippen LogP) is 4.43. The van der Waals surface area contributed by atoms with Gasteiger partial charge in [-0.25, -0.2) is 4.39 Å². The van der Waals surface area contributed by atoms with Crippen LogP contribution in [0.5, 0.6) is 0 Å². The molecule has 1 aromatic carbocycles. The van der Waals surface area contributed by atoms with Gasteiger partial charge in [-0.3, -0.25) is 0 Å². The maximum Gasteiger partial charge on any atom is 0.124 e. The lowest BCUT2D eigenvalue weighted by molar-refractivity contribution is 0.541. The third-order valence-corrected chi connectivity index (χ3v) is 3.35. The summed E-state index contributed by atoms with van der Waals surface area (Å²) in [5.41, 5.74) is 1.11. The van der Waals surface area contributed by atoms with Crippen molar-refractivity contribution in [1.29, 1.82) is 0 Å². The van der Waals surface area contributed by atoms with Gasteiger partial charge in [-0.15, -0.1) is 0 Å². The van der Waals surface area contributed by atoms with Gasteiger partial charge < -0.3 is 5.32 Å². The molecular weight excluding hydrogens is 269 g/mol. The molecule has 0 radical (unpaired) electrons. The van der Waals surface area contributed by atoms with E-state index in [2.05, 4.69) is 35.1 Å². The van der Waals surface area contributed by atoms with Crippen molar-refractivity contribution in [2.75, 3.05) is 6.54 Å². The fourth-order valence-electron chi connectivity index (χ4n) is 1.66. The number of benzene rings is 1. The fraction of sp³-hybridized carbons (Fsp3) is 0.538. The van der Waals surface area contributed by atoms with Crippen LogP contribution >= 0.6 is 15.9 Å². The first-order chi connectivity index (χ1) is 7.65. The van der Waals surface area contributed by atoms with Crippen LogP contribution in [-0.2, 0) is 0 Å². The summed E-state index contributed by atoms with van der Waals surface area (Å²) in [5.74, 6) is -0.200. The van der Waals surface area contributed by atoms with Crippen molar-refractivity contribution in [3.8, 4) is 0 Å². The Morgan fingerprint density at radius 3 is 2.75 bits per heavy atom. The second kappa shape index (κ2) is 7.02. The van der Waals surface area contributed by atoms with Crippen LogP contribution in [0.1, 0.15) is 44.7 Å². The highest BCUT2D eigenvalue weighted by Gasteiger charge is 2.08. The molecule has 0 bridgehead atoms. The molecule has 0 aliphatic heterocycles. The minimum Gasteiger partial charge on any atom is -0.310 e. The molecule has 0 aliphatic carbocycles. The molecule has 1 aromatic rings. The van der Waals surface area contributed by atoms with Gasteiger partial charge >= 0.3 is 0 Å². The van der Waals surface area contributed by atoms with E-state index in [0.717, 1.165) is 16.6 Å². The Morgan fingerprint density at radius 1 is 1.38 bits per heavy atom. The molecule has 0 saturated carbocycles. The van der Waals surface area contributed by atoms with Gasteiger partial charge in [-0.2, -0.15) is 0 Å². The average molecular weight is 288 g/mol. The Hall–Kier alpha value is -0.410. The Labute approximate surface area is 106 Å². The van der Waals surface area contributed by atoms with Crippen LogP contribution in [0.15, 0.2) is 22.7 Å². The van der Waals surface area contributed by atoms with Crippen molar-refractivity contribution in [3.63, 3.8) is 0 Å². The molecule has 1 unspecified atom stereocenters. The van der Waals surface area contributed by atoms with Crippen LogP contribution in [-0.4, -0.2) is 6.54 Å². The Balaban J connectivity index is 2.49. The second-order valence-corrected chi connectivity index (χ2v) is 4.90. The van der Waals surface area contributed by atoms with Crippen molar-refractivity contribution >= 4 is 15.9 Å². The summed E-state index contributed by atoms with van der Waals surface area (Å²) in [7, 11) is 0. The van der Waals surface area contributed by atoms with Gasteiger partial charge in [0.2, 0.25) is 0 Å². The highest BCUT2D eigenvalue weighted by Crippen LogP contribution is 2.24. The lowest BCUT2D eigenvalue weighted by Crippen LogP contribution is -2.20. The monoisotopic (exact) mass is 287 g/mol. The normalized spacial score (nSPS) is 12.8. The highest BCUT2D eigenvalue weighted by atomic mass is 79.9. The first-order valence-corrected chi connectivity index (χ1v) is 6.62. The molecule has 1 N–H and O–H groups in total. The summed E-state index contributed by atoms with van der Waals surface area (Å²) in [5, 5.41) is 3.44. The van der Waals surface area contributed by atoms with Crippen molar-refractivity contribution in [3.05, 3.63) is 34.1 Å². The summed E-state index contributed by atoms with van der Waals surface area (Å²) in [6.07, 6.45) is 3.68. The van der Waals surface area contributed by atoms with E-state index < -0.39 is 0 Å². The van der Waals surface area contributed by atoms with Gasteiger partial charge in [-0.05, 0) is 37.6 Å². The zero-order valence-electron chi connectivity index (χ0n) is 9.89. The van der Waals surface area contributed by atoms with Crippen LogP contribution < -0.4 is 5.32 Å². The predicted molar refractivity (Wildman–Crippen MR) is 70.0 cm³/mol. The molecule has 0 fully saturated rings. The third kappa shape index (κ3) is 4.22. The SMILES string of the molecule is CCCCCNC(C)c1ccc(F)cc1Br. The quantitative estimate of drug-likeness (QED) is 0.764. The summed E-state index contributed by atoms with van der Waals surface area (Å²) < 4.78 is 13.7. The van der Waals surface area contributed by atoms with Crippen molar-refractivity contribution in [1.82, 2.24) is 5.32 Å². The molecule has 1 atom stereocenters. The molecule has 0 spiro atoms. The van der Waals surface area contributed by atoms with Gasteiger partial charge in [-0.1, -0.05) is 41.8 Å². The number of rotatable bonds is 6. The Morgan fingerprint density at radius 2 is 2.12 bits per heavy atom. The molecular formula is C13H19BrFN. The van der Waals surface area contributed by atoms with E-state index in [-0.39, 0.29) is 11.9 Å². The minimum absolute atomic E-state index is 0.200. The summed E-state index contributed by atoms with van der Waals surface area (Å²) in [6, 6.07) is 5.10. The van der Waals surface area contributed by atoms with Crippen LogP contribution in [0.3, 0.4) is 0 Å². The van der Waals surface area contributed by atoms with Crippen molar-refractivity contribution in [2.45, 2.75) is 39.2 Å². The second-order valence-electron chi connectivity index (χ2n) is 4.05. The van der Waals surface area contributed by atoms with Crippen LogP contribution in [0.25, 0.3) is 0 Å². The zero-order chi connectivity index (χ0) is 12.0. The molecule has 0 aromatic heterocycles. The molecule has 1 nitrogen and oxygen atoms in total. The topological polar surface area (TPSA) is 12.0 Å². The van der Waals surface area contributed by atoms with E-state index in [1.165, 1.54) is 31.4 Å². The van der Waals surface area contributed by atoms with Gasteiger partial charge in [0.25, 0.3) is 0 Å². The number of unbranched alkanes of at least 4 members (excludes halogenated alkanes) is 2. The smallest absolute Gasteiger partial charge is 0.124 e. The van der Waals surface area contributed by atoms with E-state index in [1.807, 2.05) is 6.07 Å². The molecule has 0 heterocycles. The number of hydrogen-bond donors (Lipinski definition) is 1. The number of halogens is 2. The maximum atomic E-state index is 12.9. The summed E-state index contributed by atoms with van der Waals surface area (Å²) in [6.45, 7) is 5.31. The standard InChI is InChI=1S/C13H19BrFN/c1-3-4-5-8-16-10(2)12-7-6-11(15)9-13(12)14/h6-7,9-10,16H,3-5,8H2,1-2H3. The Kier molecular flexibility index (Phi) is 5.99. The largest absolute Gasteiger partial charge is 0.310 e. The zero-order valence-corrected chi connectivity index (χ0v) is 11.5. The van der Waals surface area contributed by atoms with E-state index >= 15 is 0 Å². The molecule has 90 valence electrons. The van der Waals surface area contributed by atoms with Crippen LogP contribution in [0, 0.1) is 5.82 Å². The van der Waals surface area contributed by atoms with Gasteiger partial charge in [0.15, 0.2) is 0 Å².